The number of hydrogen-bond acceptors (Lipinski definition) is 3. The van der Waals surface area contributed by atoms with Gasteiger partial charge in [0.2, 0.25) is 0 Å². The van der Waals surface area contributed by atoms with Gasteiger partial charge in [-0.1, -0.05) is 0 Å². The summed E-state index contributed by atoms with van der Waals surface area (Å²) < 4.78 is 1.45. The molecule has 0 aliphatic carbocycles. The Hall–Kier alpha value is -1.07. The van der Waals surface area contributed by atoms with Crippen molar-refractivity contribution in [1.82, 2.24) is 9.97 Å². The van der Waals surface area contributed by atoms with E-state index >= 15 is 0 Å². The van der Waals surface area contributed by atoms with Crippen LogP contribution in [0.2, 0.25) is 0 Å². The van der Waals surface area contributed by atoms with Crippen LogP contribution in [0.25, 0.3) is 0 Å². The van der Waals surface area contributed by atoms with E-state index in [-0.39, 0.29) is 5.78 Å². The van der Waals surface area contributed by atoms with Crippen molar-refractivity contribution in [2.45, 2.75) is 0 Å². The molecule has 16 heavy (non-hydrogen) atoms. The van der Waals surface area contributed by atoms with E-state index in [4.69, 9.17) is 0 Å². The van der Waals surface area contributed by atoms with Crippen LogP contribution in [0.4, 0.5) is 0 Å². The number of pyridine rings is 2. The molecule has 0 aliphatic rings. The predicted molar refractivity (Wildman–Crippen MR) is 67.3 cm³/mol. The molecule has 5 heteroatoms. The fraction of sp³-hybridized carbons (Fsp3) is 0. The highest BCUT2D eigenvalue weighted by Crippen LogP contribution is 2.22. The molecule has 2 heterocycles. The second-order valence-corrected chi connectivity index (χ2v) is 4.75. The first-order chi connectivity index (χ1) is 7.70. The van der Waals surface area contributed by atoms with Crippen LogP contribution in [0.3, 0.4) is 0 Å². The van der Waals surface area contributed by atoms with Gasteiger partial charge in [0.15, 0.2) is 5.78 Å². The van der Waals surface area contributed by atoms with Crippen LogP contribution >= 0.6 is 31.9 Å². The Morgan fingerprint density at radius 2 is 1.38 bits per heavy atom. The van der Waals surface area contributed by atoms with Gasteiger partial charge >= 0.3 is 0 Å². The number of nitrogens with zero attached hydrogens (tertiary/aromatic N) is 2. The van der Waals surface area contributed by atoms with Crippen molar-refractivity contribution in [3.8, 4) is 0 Å². The molecule has 0 saturated heterocycles. The molecular weight excluding hydrogens is 336 g/mol. The highest BCUT2D eigenvalue weighted by Gasteiger charge is 2.15. The van der Waals surface area contributed by atoms with Gasteiger partial charge in [-0.3, -0.25) is 14.8 Å². The largest absolute Gasteiger partial charge is 0.288 e. The summed E-state index contributed by atoms with van der Waals surface area (Å²) in [7, 11) is 0. The minimum absolute atomic E-state index is 0.111. The van der Waals surface area contributed by atoms with Crippen molar-refractivity contribution in [2.24, 2.45) is 0 Å². The Labute approximate surface area is 109 Å². The van der Waals surface area contributed by atoms with Crippen molar-refractivity contribution >= 4 is 37.6 Å². The van der Waals surface area contributed by atoms with E-state index in [1.807, 2.05) is 0 Å². The SMILES string of the molecule is O=C(c1cnccc1Br)c1cnccc1Br. The molecule has 3 nitrogen and oxygen atoms in total. The Bertz CT molecular complexity index is 496. The van der Waals surface area contributed by atoms with E-state index in [0.29, 0.717) is 11.1 Å². The van der Waals surface area contributed by atoms with E-state index in [1.54, 1.807) is 24.5 Å². The monoisotopic (exact) mass is 340 g/mol. The molecule has 0 amide bonds. The first kappa shape index (κ1) is 11.4. The van der Waals surface area contributed by atoms with Gasteiger partial charge in [0, 0.05) is 33.7 Å². The fourth-order valence-electron chi connectivity index (χ4n) is 1.23. The molecule has 0 atom stereocenters. The zero-order valence-electron chi connectivity index (χ0n) is 8.02. The minimum atomic E-state index is -0.111. The summed E-state index contributed by atoms with van der Waals surface area (Å²) in [4.78, 5) is 20.0. The average Bonchev–Trinajstić information content (AvgIpc) is 2.29. The zero-order valence-corrected chi connectivity index (χ0v) is 11.2. The van der Waals surface area contributed by atoms with Crippen molar-refractivity contribution in [1.29, 1.82) is 0 Å². The van der Waals surface area contributed by atoms with Crippen LogP contribution in [0.5, 0.6) is 0 Å². The van der Waals surface area contributed by atoms with Gasteiger partial charge < -0.3 is 0 Å². The van der Waals surface area contributed by atoms with Gasteiger partial charge in [-0.2, -0.15) is 0 Å². The molecule has 0 fully saturated rings. The van der Waals surface area contributed by atoms with Crippen LogP contribution in [0.15, 0.2) is 45.9 Å². The molecule has 2 aromatic heterocycles. The summed E-state index contributed by atoms with van der Waals surface area (Å²) in [6, 6.07) is 3.47. The Morgan fingerprint density at radius 3 is 1.75 bits per heavy atom. The molecule has 0 spiro atoms. The molecule has 0 bridgehead atoms. The van der Waals surface area contributed by atoms with E-state index in [2.05, 4.69) is 41.8 Å². The lowest BCUT2D eigenvalue weighted by Crippen LogP contribution is -2.04. The number of hydrogen-bond donors (Lipinski definition) is 0. The number of rotatable bonds is 2. The summed E-state index contributed by atoms with van der Waals surface area (Å²) in [5.41, 5.74) is 1.05. The van der Waals surface area contributed by atoms with Crippen molar-refractivity contribution in [2.75, 3.05) is 0 Å². The van der Waals surface area contributed by atoms with Gasteiger partial charge in [0.25, 0.3) is 0 Å². The summed E-state index contributed by atoms with van der Waals surface area (Å²) in [5, 5.41) is 0. The average molecular weight is 342 g/mol. The van der Waals surface area contributed by atoms with Gasteiger partial charge in [-0.15, -0.1) is 0 Å². The van der Waals surface area contributed by atoms with Crippen LogP contribution in [0.1, 0.15) is 15.9 Å². The van der Waals surface area contributed by atoms with Crippen LogP contribution in [0, 0.1) is 0 Å². The third kappa shape index (κ3) is 2.20. The topological polar surface area (TPSA) is 42.9 Å². The molecule has 0 saturated carbocycles. The maximum absolute atomic E-state index is 12.1. The molecule has 0 unspecified atom stereocenters. The van der Waals surface area contributed by atoms with Crippen LogP contribution in [-0.2, 0) is 0 Å². The Morgan fingerprint density at radius 1 is 0.938 bits per heavy atom. The maximum Gasteiger partial charge on any atom is 0.198 e. The number of aromatic nitrogens is 2. The summed E-state index contributed by atoms with van der Waals surface area (Å²) in [6.07, 6.45) is 6.32. The van der Waals surface area contributed by atoms with Gasteiger partial charge in [0.05, 0.1) is 11.1 Å². The van der Waals surface area contributed by atoms with Crippen molar-refractivity contribution in [3.63, 3.8) is 0 Å². The molecular formula is C11H6Br2N2O. The number of carbonyl (C=O) groups is 1. The third-order valence-corrected chi connectivity index (χ3v) is 3.41. The van der Waals surface area contributed by atoms with Crippen LogP contribution < -0.4 is 0 Å². The smallest absolute Gasteiger partial charge is 0.198 e. The number of carbonyl (C=O) groups excluding carboxylic acids is 1. The standard InChI is InChI=1S/C11H6Br2N2O/c12-9-1-3-14-5-7(9)11(16)8-6-15-4-2-10(8)13/h1-6H. The van der Waals surface area contributed by atoms with E-state index in [9.17, 15) is 4.79 Å². The molecule has 80 valence electrons. The fourth-order valence-corrected chi connectivity index (χ4v) is 2.04. The molecule has 0 radical (unpaired) electrons. The predicted octanol–water partition coefficient (Wildman–Crippen LogP) is 3.23. The maximum atomic E-state index is 12.1. The van der Waals surface area contributed by atoms with Gasteiger partial charge in [-0.05, 0) is 44.0 Å². The summed E-state index contributed by atoms with van der Waals surface area (Å²) in [5.74, 6) is -0.111. The lowest BCUT2D eigenvalue weighted by Gasteiger charge is -2.04. The lowest BCUT2D eigenvalue weighted by molar-refractivity contribution is 0.103. The molecule has 2 aromatic rings. The summed E-state index contributed by atoms with van der Waals surface area (Å²) >= 11 is 6.64. The second-order valence-electron chi connectivity index (χ2n) is 3.04. The van der Waals surface area contributed by atoms with E-state index in [1.165, 1.54) is 12.4 Å². The van der Waals surface area contributed by atoms with Crippen LogP contribution in [-0.4, -0.2) is 15.8 Å². The second kappa shape index (κ2) is 4.84. The first-order valence-electron chi connectivity index (χ1n) is 4.44. The molecule has 0 aliphatic heterocycles. The van der Waals surface area contributed by atoms with Gasteiger partial charge in [-0.25, -0.2) is 0 Å². The Kier molecular flexibility index (Phi) is 3.46. The number of ketones is 1. The summed E-state index contributed by atoms with van der Waals surface area (Å²) in [6.45, 7) is 0. The molecule has 0 aromatic carbocycles. The highest BCUT2D eigenvalue weighted by molar-refractivity contribution is 9.10. The van der Waals surface area contributed by atoms with E-state index in [0.717, 1.165) is 8.95 Å². The van der Waals surface area contributed by atoms with Crippen molar-refractivity contribution < 1.29 is 4.79 Å². The normalized spacial score (nSPS) is 10.1. The minimum Gasteiger partial charge on any atom is -0.288 e. The zero-order chi connectivity index (χ0) is 11.5. The quantitative estimate of drug-likeness (QED) is 0.787. The molecule has 0 N–H and O–H groups in total. The van der Waals surface area contributed by atoms with Crippen molar-refractivity contribution in [3.05, 3.63) is 57.0 Å². The third-order valence-electron chi connectivity index (χ3n) is 2.02. The first-order valence-corrected chi connectivity index (χ1v) is 6.02. The van der Waals surface area contributed by atoms with Gasteiger partial charge in [0.1, 0.15) is 0 Å². The molecule has 2 rings (SSSR count). The highest BCUT2D eigenvalue weighted by atomic mass is 79.9. The lowest BCUT2D eigenvalue weighted by atomic mass is 10.1. The van der Waals surface area contributed by atoms with E-state index < -0.39 is 0 Å². The number of halogens is 2. The Balaban J connectivity index is 2.48.